The van der Waals surface area contributed by atoms with Crippen LogP contribution in [-0.4, -0.2) is 50.4 Å². The van der Waals surface area contributed by atoms with Crippen LogP contribution in [0.2, 0.25) is 0 Å². The van der Waals surface area contributed by atoms with Crippen molar-refractivity contribution in [3.63, 3.8) is 0 Å². The summed E-state index contributed by atoms with van der Waals surface area (Å²) in [6.45, 7) is 0. The van der Waals surface area contributed by atoms with Gasteiger partial charge in [0.1, 0.15) is 0 Å². The van der Waals surface area contributed by atoms with E-state index in [-0.39, 0.29) is 0 Å². The number of ether oxygens (including phenoxy) is 2. The van der Waals surface area contributed by atoms with Gasteiger partial charge in [-0.25, -0.2) is 0 Å². The summed E-state index contributed by atoms with van der Waals surface area (Å²) in [5, 5.41) is 0.670. The number of rotatable bonds is 4. The minimum atomic E-state index is 0.612. The van der Waals surface area contributed by atoms with Gasteiger partial charge in [0.05, 0.1) is 12.7 Å². The molecule has 2 aromatic rings. The molecular formula is C14H15O3PbS. The molecule has 0 aliphatic rings. The second-order valence-electron chi connectivity index (χ2n) is 3.47. The Balaban J connectivity index is 0.000000399. The van der Waals surface area contributed by atoms with Crippen molar-refractivity contribution >= 4 is 43.4 Å². The van der Waals surface area contributed by atoms with Gasteiger partial charge in [-0.2, -0.15) is 0 Å². The topological polar surface area (TPSA) is 35.5 Å². The second kappa shape index (κ2) is 9.22. The smallest absolute Gasteiger partial charge is 0.184 e. The zero-order chi connectivity index (χ0) is 14.1. The number of carbonyl (C=O) groups excluding carboxylic acids is 1. The molecule has 99 valence electrons. The molecule has 0 spiro atoms. The maximum Gasteiger partial charge on any atom is 0.184 e. The van der Waals surface area contributed by atoms with Crippen molar-refractivity contribution in [3.05, 3.63) is 42.0 Å². The maximum atomic E-state index is 10.8. The Morgan fingerprint density at radius 1 is 1.26 bits per heavy atom. The molecule has 1 heterocycles. The monoisotopic (exact) mass is 471 g/mol. The molecule has 0 aliphatic heterocycles. The number of methoxy groups -OCH3 is 2. The maximum absolute atomic E-state index is 10.8. The van der Waals surface area contributed by atoms with Crippen LogP contribution in [-0.2, 0) is 4.74 Å². The first-order chi connectivity index (χ1) is 9.26. The Bertz CT molecular complexity index is 495. The second-order valence-corrected chi connectivity index (χ2v) is 5.61. The third-order valence-corrected chi connectivity index (χ3v) is 4.52. The number of carbonyl (C=O) groups is 1. The molecule has 19 heavy (non-hydrogen) atoms. The van der Waals surface area contributed by atoms with E-state index in [1.165, 1.54) is 37.1 Å². The Morgan fingerprint density at radius 2 is 1.89 bits per heavy atom. The van der Waals surface area contributed by atoms with Gasteiger partial charge in [0.2, 0.25) is 0 Å². The SMILES string of the molecule is CO[CH2][Pb].COc1sc(-c2ccccc2)cc1C=O. The van der Waals surface area contributed by atoms with Gasteiger partial charge in [-0.3, -0.25) is 4.79 Å². The quantitative estimate of drug-likeness (QED) is 0.509. The molecule has 3 radical (unpaired) electrons. The number of thiophene rings is 1. The van der Waals surface area contributed by atoms with Gasteiger partial charge in [-0.05, 0) is 11.6 Å². The van der Waals surface area contributed by atoms with Gasteiger partial charge in [-0.1, -0.05) is 41.7 Å². The van der Waals surface area contributed by atoms with Crippen LogP contribution in [0.25, 0.3) is 10.4 Å². The van der Waals surface area contributed by atoms with Crippen LogP contribution < -0.4 is 4.74 Å². The molecule has 1 aromatic carbocycles. The predicted octanol–water partition coefficient (Wildman–Crippen LogP) is 3.00. The fraction of sp³-hybridized carbons (Fsp3) is 0.214. The van der Waals surface area contributed by atoms with Gasteiger partial charge >= 0.3 is 41.8 Å². The van der Waals surface area contributed by atoms with E-state index in [0.29, 0.717) is 10.6 Å². The van der Waals surface area contributed by atoms with Crippen molar-refractivity contribution in [2.24, 2.45) is 0 Å². The molecule has 2 rings (SSSR count). The van der Waals surface area contributed by atoms with E-state index < -0.39 is 0 Å². The zero-order valence-corrected chi connectivity index (χ0v) is 15.6. The van der Waals surface area contributed by atoms with E-state index in [1.54, 1.807) is 14.2 Å². The predicted molar refractivity (Wildman–Crippen MR) is 79.3 cm³/mol. The molecule has 0 unspecified atom stereocenters. The Morgan fingerprint density at radius 3 is 2.32 bits per heavy atom. The largest absolute Gasteiger partial charge is 0.487 e. The van der Waals surface area contributed by atoms with E-state index in [1.807, 2.05) is 36.4 Å². The summed E-state index contributed by atoms with van der Waals surface area (Å²) in [6, 6.07) is 11.8. The Labute approximate surface area is 133 Å². The molecule has 1 aromatic heterocycles. The van der Waals surface area contributed by atoms with Crippen LogP contribution in [0, 0.1) is 0 Å². The number of hydrogen-bond acceptors (Lipinski definition) is 4. The van der Waals surface area contributed by atoms with Crippen molar-refractivity contribution in [2.45, 2.75) is 0 Å². The van der Waals surface area contributed by atoms with Gasteiger partial charge in [-0.15, -0.1) is 0 Å². The zero-order valence-electron chi connectivity index (χ0n) is 10.9. The molecule has 0 saturated heterocycles. The van der Waals surface area contributed by atoms with Crippen LogP contribution in [0.1, 0.15) is 10.4 Å². The summed E-state index contributed by atoms with van der Waals surface area (Å²) < 4.78 is 10.7. The van der Waals surface area contributed by atoms with Crippen molar-refractivity contribution in [2.75, 3.05) is 18.4 Å². The summed E-state index contributed by atoms with van der Waals surface area (Å²) in [5.74, 6) is 0. The van der Waals surface area contributed by atoms with Crippen LogP contribution in [0.15, 0.2) is 36.4 Å². The van der Waals surface area contributed by atoms with Gasteiger partial charge in [0, 0.05) is 4.88 Å². The third-order valence-electron chi connectivity index (χ3n) is 2.24. The van der Waals surface area contributed by atoms with E-state index in [2.05, 4.69) is 4.74 Å². The molecule has 0 saturated carbocycles. The number of aldehydes is 1. The van der Waals surface area contributed by atoms with Crippen molar-refractivity contribution in [1.82, 2.24) is 0 Å². The van der Waals surface area contributed by atoms with E-state index in [9.17, 15) is 4.79 Å². The normalized spacial score (nSPS) is 9.42. The summed E-state index contributed by atoms with van der Waals surface area (Å²) in [5.41, 5.74) is 1.72. The first-order valence-electron chi connectivity index (χ1n) is 5.58. The molecule has 0 bridgehead atoms. The Hall–Kier alpha value is -0.728. The molecule has 5 heteroatoms. The number of benzene rings is 1. The van der Waals surface area contributed by atoms with E-state index >= 15 is 0 Å². The average Bonchev–Trinajstić information content (AvgIpc) is 2.91. The number of hydrogen-bond donors (Lipinski definition) is 0. The van der Waals surface area contributed by atoms with Crippen LogP contribution >= 0.6 is 11.3 Å². The fourth-order valence-corrected chi connectivity index (χ4v) is 2.32. The molecule has 0 fully saturated rings. The van der Waals surface area contributed by atoms with Gasteiger partial charge in [0.25, 0.3) is 0 Å². The fourth-order valence-electron chi connectivity index (χ4n) is 1.37. The molecule has 0 aliphatic carbocycles. The molecule has 0 N–H and O–H groups in total. The van der Waals surface area contributed by atoms with Crippen LogP contribution in [0.5, 0.6) is 5.06 Å². The minimum Gasteiger partial charge on any atom is -0.487 e. The summed E-state index contributed by atoms with van der Waals surface area (Å²) in [4.78, 5) is 11.8. The molecule has 0 amide bonds. The summed E-state index contributed by atoms with van der Waals surface area (Å²) in [6.07, 6.45) is 0.821. The average molecular weight is 471 g/mol. The van der Waals surface area contributed by atoms with E-state index in [4.69, 9.17) is 4.74 Å². The summed E-state index contributed by atoms with van der Waals surface area (Å²) >= 11 is 2.65. The third kappa shape index (κ3) is 5.04. The van der Waals surface area contributed by atoms with E-state index in [0.717, 1.165) is 20.9 Å². The summed E-state index contributed by atoms with van der Waals surface area (Å²) in [7, 11) is 3.29. The van der Waals surface area contributed by atoms with Crippen LogP contribution in [0.3, 0.4) is 0 Å². The van der Waals surface area contributed by atoms with Crippen molar-refractivity contribution < 1.29 is 14.3 Å². The standard InChI is InChI=1S/C12H10O2S.C2H5O.Pb/c1-14-12-10(8-13)7-11(15-12)9-5-3-2-4-6-9;1-3-2;/h2-8H,1H3;1H2,2H3;. The van der Waals surface area contributed by atoms with Crippen molar-refractivity contribution in [1.29, 1.82) is 0 Å². The first kappa shape index (κ1) is 16.3. The van der Waals surface area contributed by atoms with Crippen LogP contribution in [0.4, 0.5) is 0 Å². The molecule has 0 atom stereocenters. The molecular weight excluding hydrogens is 455 g/mol. The minimum absolute atomic E-state index is 0.612. The molecule has 3 nitrogen and oxygen atoms in total. The van der Waals surface area contributed by atoms with Gasteiger partial charge in [0.15, 0.2) is 11.3 Å². The van der Waals surface area contributed by atoms with Gasteiger partial charge < -0.3 is 4.74 Å². The van der Waals surface area contributed by atoms with Crippen molar-refractivity contribution in [3.8, 4) is 15.5 Å². The first-order valence-corrected chi connectivity index (χ1v) is 9.15. The Kier molecular flexibility index (Phi) is 7.92.